The molecular weight excluding hydrogens is 985 g/mol. The summed E-state index contributed by atoms with van der Waals surface area (Å²) in [6.45, 7) is 4.18. The van der Waals surface area contributed by atoms with Gasteiger partial charge in [-0.3, -0.25) is 28.8 Å². The van der Waals surface area contributed by atoms with Crippen LogP contribution in [0.5, 0.6) is 0 Å². The zero-order valence-corrected chi connectivity index (χ0v) is 43.7. The minimum atomic E-state index is -1.32. The Hall–Kier alpha value is -6.04. The second-order valence-electron chi connectivity index (χ2n) is 18.6. The summed E-state index contributed by atoms with van der Waals surface area (Å²) in [4.78, 5) is 87.8. The first-order valence-electron chi connectivity index (χ1n) is 24.8. The van der Waals surface area contributed by atoms with E-state index in [0.717, 1.165) is 43.6 Å². The van der Waals surface area contributed by atoms with Gasteiger partial charge in [0.2, 0.25) is 35.4 Å². The summed E-state index contributed by atoms with van der Waals surface area (Å²) in [5.74, 6) is -3.86. The van der Waals surface area contributed by atoms with Crippen molar-refractivity contribution < 1.29 is 44.1 Å². The van der Waals surface area contributed by atoms with Crippen LogP contribution in [0.1, 0.15) is 56.7 Å². The second-order valence-corrected chi connectivity index (χ2v) is 19.9. The predicted molar refractivity (Wildman–Crippen MR) is 292 cm³/mol. The van der Waals surface area contributed by atoms with Gasteiger partial charge in [0.1, 0.15) is 24.2 Å². The SMILES string of the molecule is CC(NCC(NC(=O)C(CCCCN)NC(=O)C(Cc1c[nH]c2ccccc12)NC(=O)C(Cc1cccc2ccccc12)NC(=O)C(CSS)NC(=O)C(N)Cc1ccccc1)C(C)O)C(=O)NC(CO)C(C)O. The number of fused-ring (bicyclic) bond motifs is 2. The molecule has 10 atom stereocenters. The Labute approximate surface area is 440 Å². The van der Waals surface area contributed by atoms with Gasteiger partial charge in [0, 0.05) is 42.2 Å². The standard InChI is InChI=1S/C53H72N10O9S2/c1-31(48(67)62-46(29-64)33(3)66)56-28-45(32(2)65)61-50(69)42(22-11-12-23-54)58-51(70)44(26-37-27-57-41-21-10-9-20-39(37)41)59-52(71)43(25-36-18-13-17-35-16-7-8-19-38(35)36)60-53(72)47(30-74-73)63-49(68)40(55)24-34-14-5-4-6-15-34/h4-10,13-21,27,31-33,40,42-47,56-57,64-66,73H,11-12,22-26,28-30,54-55H2,1-3H3,(H,58,70)(H,59,71)(H,60,72)(H,61,69)(H,62,67)(H,63,68). The number of rotatable bonds is 30. The first-order chi connectivity index (χ1) is 35.5. The fourth-order valence-electron chi connectivity index (χ4n) is 8.35. The zero-order valence-electron chi connectivity index (χ0n) is 42.0. The average molecular weight is 1060 g/mol. The number of thiol groups is 1. The van der Waals surface area contributed by atoms with Crippen LogP contribution in [0.2, 0.25) is 0 Å². The van der Waals surface area contributed by atoms with Crippen molar-refractivity contribution in [3.63, 3.8) is 0 Å². The van der Waals surface area contributed by atoms with Gasteiger partial charge in [0.25, 0.3) is 0 Å². The third-order valence-corrected chi connectivity index (χ3v) is 13.7. The fraction of sp³-hybridized carbons (Fsp3) is 0.434. The number of nitrogens with one attached hydrogen (secondary N) is 8. The Morgan fingerprint density at radius 1 is 0.608 bits per heavy atom. The number of aromatic amines is 1. The zero-order chi connectivity index (χ0) is 53.7. The van der Waals surface area contributed by atoms with Crippen molar-refractivity contribution >= 4 is 79.6 Å². The highest BCUT2D eigenvalue weighted by Gasteiger charge is 2.34. The van der Waals surface area contributed by atoms with Crippen LogP contribution in [-0.2, 0) is 48.0 Å². The number of amides is 6. The molecule has 15 N–H and O–H groups in total. The number of nitrogens with two attached hydrogens (primary N) is 2. The van der Waals surface area contributed by atoms with Crippen molar-refractivity contribution in [1.82, 2.24) is 42.2 Å². The van der Waals surface area contributed by atoms with E-state index in [0.29, 0.717) is 24.9 Å². The Morgan fingerprint density at radius 3 is 1.81 bits per heavy atom. The van der Waals surface area contributed by atoms with Gasteiger partial charge < -0.3 is 69.0 Å². The van der Waals surface area contributed by atoms with Gasteiger partial charge in [-0.25, -0.2) is 0 Å². The molecule has 74 heavy (non-hydrogen) atoms. The lowest BCUT2D eigenvalue weighted by molar-refractivity contribution is -0.134. The number of benzene rings is 4. The van der Waals surface area contributed by atoms with E-state index in [9.17, 15) is 44.1 Å². The molecule has 0 spiro atoms. The van der Waals surface area contributed by atoms with Crippen molar-refractivity contribution in [2.75, 3.05) is 25.4 Å². The molecule has 19 nitrogen and oxygen atoms in total. The highest BCUT2D eigenvalue weighted by Crippen LogP contribution is 2.22. The molecule has 4 aromatic carbocycles. The monoisotopic (exact) mass is 1060 g/mol. The lowest BCUT2D eigenvalue weighted by atomic mass is 9.97. The van der Waals surface area contributed by atoms with Gasteiger partial charge in [-0.05, 0) is 86.5 Å². The molecule has 0 fully saturated rings. The smallest absolute Gasteiger partial charge is 0.244 e. The molecule has 6 amide bonds. The predicted octanol–water partition coefficient (Wildman–Crippen LogP) is 1.02. The first-order valence-corrected chi connectivity index (χ1v) is 26.9. The Balaban J connectivity index is 1.43. The van der Waals surface area contributed by atoms with Gasteiger partial charge in [-0.2, -0.15) is 0 Å². The summed E-state index contributed by atoms with van der Waals surface area (Å²) in [6, 6.07) is 21.2. The minimum Gasteiger partial charge on any atom is -0.394 e. The first kappa shape index (κ1) is 58.8. The van der Waals surface area contributed by atoms with Crippen LogP contribution in [0.25, 0.3) is 21.7 Å². The molecule has 0 saturated heterocycles. The number of unbranched alkanes of at least 4 members (excludes halogenated alkanes) is 1. The molecular formula is C53H72N10O9S2. The van der Waals surface area contributed by atoms with Gasteiger partial charge >= 0.3 is 0 Å². The van der Waals surface area contributed by atoms with Crippen molar-refractivity contribution in [1.29, 1.82) is 0 Å². The van der Waals surface area contributed by atoms with Crippen molar-refractivity contribution in [3.8, 4) is 0 Å². The van der Waals surface area contributed by atoms with Crippen LogP contribution in [0, 0.1) is 0 Å². The molecule has 1 aromatic heterocycles. The van der Waals surface area contributed by atoms with E-state index in [4.69, 9.17) is 11.5 Å². The highest BCUT2D eigenvalue weighted by atomic mass is 33.1. The molecule has 10 unspecified atom stereocenters. The molecule has 0 radical (unpaired) electrons. The Kier molecular flexibility index (Phi) is 23.7. The van der Waals surface area contributed by atoms with Crippen molar-refractivity contribution in [2.45, 2.75) is 120 Å². The molecule has 0 aliphatic carbocycles. The van der Waals surface area contributed by atoms with Crippen LogP contribution >= 0.6 is 22.5 Å². The van der Waals surface area contributed by atoms with Crippen molar-refractivity contribution in [2.24, 2.45) is 11.5 Å². The second kappa shape index (κ2) is 29.7. The number of aliphatic hydroxyl groups excluding tert-OH is 3. The maximum absolute atomic E-state index is 15.0. The third kappa shape index (κ3) is 17.5. The number of carbonyl (C=O) groups excluding carboxylic acids is 6. The summed E-state index contributed by atoms with van der Waals surface area (Å²) in [5.41, 5.74) is 15.2. The molecule has 5 aromatic rings. The molecule has 1 heterocycles. The van der Waals surface area contributed by atoms with E-state index < -0.39 is 103 Å². The molecule has 400 valence electrons. The molecule has 0 bridgehead atoms. The molecule has 0 aliphatic rings. The Bertz CT molecular complexity index is 2620. The van der Waals surface area contributed by atoms with Gasteiger partial charge in [0.15, 0.2) is 0 Å². The third-order valence-electron chi connectivity index (χ3n) is 12.8. The minimum absolute atomic E-state index is 0.0235. The van der Waals surface area contributed by atoms with E-state index in [2.05, 4.69) is 53.9 Å². The summed E-state index contributed by atoms with van der Waals surface area (Å²) in [7, 11) is 1.02. The van der Waals surface area contributed by atoms with Crippen LogP contribution in [0.3, 0.4) is 0 Å². The molecule has 21 heteroatoms. The maximum Gasteiger partial charge on any atom is 0.244 e. The van der Waals surface area contributed by atoms with Crippen LogP contribution in [0.15, 0.2) is 103 Å². The normalized spacial score (nSPS) is 15.5. The molecule has 0 aliphatic heterocycles. The number of hydrogen-bond acceptors (Lipinski definition) is 14. The Morgan fingerprint density at radius 2 is 1.16 bits per heavy atom. The fourth-order valence-corrected chi connectivity index (χ4v) is 9.18. The average Bonchev–Trinajstić information content (AvgIpc) is 3.80. The van der Waals surface area contributed by atoms with E-state index >= 15 is 0 Å². The highest BCUT2D eigenvalue weighted by molar-refractivity contribution is 8.68. The number of aromatic nitrogens is 1. The van der Waals surface area contributed by atoms with E-state index in [-0.39, 0.29) is 38.0 Å². The van der Waals surface area contributed by atoms with Gasteiger partial charge in [-0.15, -0.1) is 11.7 Å². The van der Waals surface area contributed by atoms with Crippen LogP contribution < -0.4 is 48.7 Å². The lowest BCUT2D eigenvalue weighted by Crippen LogP contribution is -2.61. The van der Waals surface area contributed by atoms with E-state index in [1.165, 1.54) is 13.8 Å². The number of H-pyrrole nitrogens is 1. The number of carbonyl (C=O) groups is 6. The number of aliphatic hydroxyl groups is 3. The quantitative estimate of drug-likeness (QED) is 0.0174. The van der Waals surface area contributed by atoms with Crippen LogP contribution in [0.4, 0.5) is 0 Å². The summed E-state index contributed by atoms with van der Waals surface area (Å²) in [5, 5.41) is 52.5. The van der Waals surface area contributed by atoms with Crippen LogP contribution in [-0.4, -0.2) is 142 Å². The molecule has 0 saturated carbocycles. The van der Waals surface area contributed by atoms with Gasteiger partial charge in [-0.1, -0.05) is 102 Å². The number of para-hydroxylation sites is 1. The van der Waals surface area contributed by atoms with E-state index in [1.54, 1.807) is 13.1 Å². The number of hydrogen-bond donors (Lipinski definition) is 14. The van der Waals surface area contributed by atoms with Gasteiger partial charge in [0.05, 0.1) is 43.0 Å². The lowest BCUT2D eigenvalue weighted by Gasteiger charge is -2.29. The summed E-state index contributed by atoms with van der Waals surface area (Å²) >= 11 is 4.29. The maximum atomic E-state index is 15.0. The van der Waals surface area contributed by atoms with Crippen molar-refractivity contribution in [3.05, 3.63) is 120 Å². The topological polar surface area (TPSA) is 315 Å². The summed E-state index contributed by atoms with van der Waals surface area (Å²) in [6.07, 6.45) is 0.816. The van der Waals surface area contributed by atoms with E-state index in [1.807, 2.05) is 97.1 Å². The summed E-state index contributed by atoms with van der Waals surface area (Å²) < 4.78 is 0. The largest absolute Gasteiger partial charge is 0.394 e. The molecule has 5 rings (SSSR count).